The summed E-state index contributed by atoms with van der Waals surface area (Å²) in [4.78, 5) is 61.2. The zero-order valence-corrected chi connectivity index (χ0v) is 25.0. The van der Waals surface area contributed by atoms with Crippen LogP contribution in [0.2, 0.25) is 0 Å². The van der Waals surface area contributed by atoms with Gasteiger partial charge >= 0.3 is 0 Å². The molecule has 228 valence electrons. The molecule has 8 nitrogen and oxygen atoms in total. The van der Waals surface area contributed by atoms with E-state index in [4.69, 9.17) is 9.47 Å². The van der Waals surface area contributed by atoms with Crippen LogP contribution in [-0.4, -0.2) is 71.9 Å². The Hall–Kier alpha value is -3.62. The number of benzene rings is 2. The van der Waals surface area contributed by atoms with Gasteiger partial charge in [0.25, 0.3) is 0 Å². The van der Waals surface area contributed by atoms with Gasteiger partial charge in [0.2, 0.25) is 23.6 Å². The number of rotatable bonds is 7. The van der Waals surface area contributed by atoms with Crippen molar-refractivity contribution in [1.82, 2.24) is 9.80 Å². The smallest absolute Gasteiger partial charge is 0.234 e. The summed E-state index contributed by atoms with van der Waals surface area (Å²) < 4.78 is 11.7. The maximum Gasteiger partial charge on any atom is 0.234 e. The Morgan fingerprint density at radius 3 is 1.57 bits per heavy atom. The molecule has 44 heavy (non-hydrogen) atoms. The first-order valence-electron chi connectivity index (χ1n) is 16.3. The Labute approximate surface area is 257 Å². The van der Waals surface area contributed by atoms with Gasteiger partial charge in [-0.2, -0.15) is 0 Å². The van der Waals surface area contributed by atoms with Gasteiger partial charge in [-0.3, -0.25) is 29.0 Å². The fourth-order valence-electron chi connectivity index (χ4n) is 9.76. The third kappa shape index (κ3) is 3.76. The maximum atomic E-state index is 14.6. The van der Waals surface area contributed by atoms with Crippen molar-refractivity contribution < 1.29 is 28.7 Å². The van der Waals surface area contributed by atoms with Crippen molar-refractivity contribution in [2.45, 2.75) is 51.2 Å². The lowest BCUT2D eigenvalue weighted by Gasteiger charge is -2.59. The molecule has 0 radical (unpaired) electrons. The topological polar surface area (TPSA) is 93.2 Å². The van der Waals surface area contributed by atoms with E-state index in [1.165, 1.54) is 9.80 Å². The predicted octanol–water partition coefficient (Wildman–Crippen LogP) is 4.20. The first kappa shape index (κ1) is 27.9. The molecule has 4 aliphatic heterocycles. The summed E-state index contributed by atoms with van der Waals surface area (Å²) in [5, 5.41) is 0. The molecule has 2 aromatic carbocycles. The normalized spacial score (nSPS) is 36.2. The highest BCUT2D eigenvalue weighted by Crippen LogP contribution is 2.73. The minimum absolute atomic E-state index is 0.182. The standard InChI is InChI=1S/C36H38N2O6/c1-2-36-29(22-13-7-4-8-14-22)25(21-11-5-3-6-12-21)26(27-30(36)34(41)37(32(27)39)19-23-15-9-17-43-23)28-31(36)35(42)38(33(28)40)20-24-16-10-18-44-24/h3-8,11-14,23-24,26-28,30-31H,2,9-10,15-20H2,1H3/t23-,24-,26?,27+,28+,30+,31+,36?/m0/s1. The molecule has 3 aliphatic carbocycles. The first-order chi connectivity index (χ1) is 21.5. The van der Waals surface area contributed by atoms with Crippen molar-refractivity contribution in [3.63, 3.8) is 0 Å². The van der Waals surface area contributed by atoms with Crippen LogP contribution >= 0.6 is 0 Å². The van der Waals surface area contributed by atoms with Crippen LogP contribution in [0, 0.1) is 35.0 Å². The van der Waals surface area contributed by atoms with E-state index >= 15 is 0 Å². The first-order valence-corrected chi connectivity index (χ1v) is 16.3. The van der Waals surface area contributed by atoms with E-state index in [1.807, 2.05) is 67.6 Å². The summed E-state index contributed by atoms with van der Waals surface area (Å²) in [6.45, 7) is 3.72. The van der Waals surface area contributed by atoms with E-state index in [0.29, 0.717) is 19.6 Å². The Morgan fingerprint density at radius 2 is 1.14 bits per heavy atom. The molecule has 0 aromatic heterocycles. The lowest BCUT2D eigenvalue weighted by Crippen LogP contribution is -2.60. The zero-order chi connectivity index (χ0) is 30.2. The van der Waals surface area contributed by atoms with E-state index in [1.54, 1.807) is 0 Å². The molecule has 0 unspecified atom stereocenters. The van der Waals surface area contributed by atoms with Crippen LogP contribution in [0.25, 0.3) is 11.1 Å². The molecule has 5 fully saturated rings. The van der Waals surface area contributed by atoms with Crippen LogP contribution in [0.4, 0.5) is 0 Å². The highest BCUT2D eigenvalue weighted by atomic mass is 16.5. The molecule has 1 saturated carbocycles. The van der Waals surface area contributed by atoms with Crippen molar-refractivity contribution in [2.24, 2.45) is 35.0 Å². The molecule has 6 atom stereocenters. The van der Waals surface area contributed by atoms with E-state index in [0.717, 1.165) is 48.0 Å². The van der Waals surface area contributed by atoms with Crippen LogP contribution in [-0.2, 0) is 28.7 Å². The van der Waals surface area contributed by atoms with Gasteiger partial charge in [-0.25, -0.2) is 0 Å². The van der Waals surface area contributed by atoms with E-state index in [9.17, 15) is 19.2 Å². The van der Waals surface area contributed by atoms with Crippen LogP contribution in [0.5, 0.6) is 0 Å². The molecule has 2 bridgehead atoms. The summed E-state index contributed by atoms with van der Waals surface area (Å²) in [6, 6.07) is 19.9. The highest BCUT2D eigenvalue weighted by molar-refractivity contribution is 6.17. The van der Waals surface area contributed by atoms with Crippen LogP contribution in [0.1, 0.15) is 50.2 Å². The lowest BCUT2D eigenvalue weighted by molar-refractivity contribution is -0.146. The van der Waals surface area contributed by atoms with Crippen molar-refractivity contribution in [1.29, 1.82) is 0 Å². The highest BCUT2D eigenvalue weighted by Gasteiger charge is 2.77. The van der Waals surface area contributed by atoms with Gasteiger partial charge in [-0.1, -0.05) is 67.6 Å². The van der Waals surface area contributed by atoms with Crippen LogP contribution in [0.15, 0.2) is 60.7 Å². The van der Waals surface area contributed by atoms with Gasteiger partial charge in [0, 0.05) is 24.5 Å². The van der Waals surface area contributed by atoms with Gasteiger partial charge in [-0.05, 0) is 54.4 Å². The molecule has 4 heterocycles. The number of carbonyl (C=O) groups excluding carboxylic acids is 4. The van der Waals surface area contributed by atoms with Gasteiger partial charge in [0.05, 0.1) is 49.0 Å². The maximum absolute atomic E-state index is 14.6. The molecule has 4 saturated heterocycles. The SMILES string of the molecule is CCC12C(c3ccccc3)=C(c3ccccc3)C([C@H]3C(=O)N(C[C@@H]4CCCO4)C(=O)[C@@H]31)[C@H]1C(=O)N(C[C@@H]3CCCO3)C(=O)[C@@H]12. The monoisotopic (exact) mass is 594 g/mol. The largest absolute Gasteiger partial charge is 0.376 e. The summed E-state index contributed by atoms with van der Waals surface area (Å²) >= 11 is 0. The molecule has 9 rings (SSSR count). The molecule has 8 heteroatoms. The van der Waals surface area contributed by atoms with Gasteiger partial charge in [0.1, 0.15) is 0 Å². The van der Waals surface area contributed by atoms with Crippen LogP contribution < -0.4 is 0 Å². The number of likely N-dealkylation sites (tertiary alicyclic amines) is 2. The number of hydrogen-bond acceptors (Lipinski definition) is 6. The third-order valence-electron chi connectivity index (χ3n) is 11.4. The van der Waals surface area contributed by atoms with Gasteiger partial charge < -0.3 is 9.47 Å². The fraction of sp³-hybridized carbons (Fsp3) is 0.500. The molecule has 2 aromatic rings. The van der Waals surface area contributed by atoms with Crippen LogP contribution in [0.3, 0.4) is 0 Å². The molecule has 7 aliphatic rings. The lowest BCUT2D eigenvalue weighted by atomic mass is 9.40. The minimum Gasteiger partial charge on any atom is -0.376 e. The average Bonchev–Trinajstić information content (AvgIpc) is 3.86. The number of amides is 4. The Balaban J connectivity index is 1.36. The minimum atomic E-state index is -1.04. The van der Waals surface area contributed by atoms with Crippen molar-refractivity contribution in [2.75, 3.05) is 26.3 Å². The van der Waals surface area contributed by atoms with Crippen molar-refractivity contribution >= 4 is 34.8 Å². The number of nitrogens with zero attached hydrogens (tertiary/aromatic N) is 2. The number of carbonyl (C=O) groups is 4. The molecule has 0 N–H and O–H groups in total. The Kier molecular flexibility index (Phi) is 6.65. The van der Waals surface area contributed by atoms with E-state index in [2.05, 4.69) is 0 Å². The predicted molar refractivity (Wildman–Crippen MR) is 161 cm³/mol. The van der Waals surface area contributed by atoms with Crippen molar-refractivity contribution in [3.05, 3.63) is 71.8 Å². The molecular weight excluding hydrogens is 556 g/mol. The molecular formula is C36H38N2O6. The second-order valence-corrected chi connectivity index (χ2v) is 13.3. The Bertz CT molecular complexity index is 1480. The number of imide groups is 2. The third-order valence-corrected chi connectivity index (χ3v) is 11.4. The molecule has 4 amide bonds. The quantitative estimate of drug-likeness (QED) is 0.447. The molecule has 0 spiro atoms. The second kappa shape index (κ2) is 10.5. The van der Waals surface area contributed by atoms with Gasteiger partial charge in [0.15, 0.2) is 0 Å². The summed E-state index contributed by atoms with van der Waals surface area (Å²) in [5.41, 5.74) is 2.71. The summed E-state index contributed by atoms with van der Waals surface area (Å²) in [7, 11) is 0. The van der Waals surface area contributed by atoms with E-state index in [-0.39, 0.29) is 48.9 Å². The second-order valence-electron chi connectivity index (χ2n) is 13.3. The number of ether oxygens (including phenoxy) is 2. The Morgan fingerprint density at radius 1 is 0.659 bits per heavy atom. The number of hydrogen-bond donors (Lipinski definition) is 0. The fourth-order valence-corrected chi connectivity index (χ4v) is 9.76. The van der Waals surface area contributed by atoms with Gasteiger partial charge in [-0.15, -0.1) is 0 Å². The summed E-state index contributed by atoms with van der Waals surface area (Å²) in [5.74, 6) is -4.39. The number of allylic oxidation sites excluding steroid dienone is 2. The zero-order valence-electron chi connectivity index (χ0n) is 25.0. The average molecular weight is 595 g/mol. The van der Waals surface area contributed by atoms with Crippen molar-refractivity contribution in [3.8, 4) is 0 Å². The summed E-state index contributed by atoms with van der Waals surface area (Å²) in [6.07, 6.45) is 3.50. The van der Waals surface area contributed by atoms with E-state index < -0.39 is 35.0 Å².